The molecule has 0 fully saturated rings. The molecule has 4 nitrogen and oxygen atoms in total. The second-order valence-corrected chi connectivity index (χ2v) is 6.05. The van der Waals surface area contributed by atoms with E-state index >= 15 is 0 Å². The Bertz CT molecular complexity index is 385. The first-order chi connectivity index (χ1) is 8.62. The van der Waals surface area contributed by atoms with Crippen molar-refractivity contribution >= 4 is 50.9 Å². The second kappa shape index (κ2) is 8.26. The van der Waals surface area contributed by atoms with E-state index < -0.39 is 0 Å². The summed E-state index contributed by atoms with van der Waals surface area (Å²) in [7, 11) is 0. The van der Waals surface area contributed by atoms with Crippen LogP contribution in [0.2, 0.25) is 0 Å². The molecule has 1 aromatic rings. The molecule has 6 heteroatoms. The molecule has 0 aromatic heterocycles. The van der Waals surface area contributed by atoms with Crippen molar-refractivity contribution in [1.29, 1.82) is 5.53 Å². The minimum atomic E-state index is 0.667. The first kappa shape index (κ1) is 16.1. The van der Waals surface area contributed by atoms with Gasteiger partial charge in [-0.15, -0.1) is 0 Å². The monoisotopic (exact) mass is 473 g/mol. The summed E-state index contributed by atoms with van der Waals surface area (Å²) < 4.78 is 7.85. The smallest absolute Gasteiger partial charge is 0.146 e. The molecule has 0 unspecified atom stereocenters. The van der Waals surface area contributed by atoms with Crippen molar-refractivity contribution in [2.45, 2.75) is 13.8 Å². The zero-order valence-electron chi connectivity index (χ0n) is 10.5. The summed E-state index contributed by atoms with van der Waals surface area (Å²) in [6, 6.07) is 3.73. The number of nitrogens with one attached hydrogen (secondary N) is 1. The minimum Gasteiger partial charge on any atom is -0.490 e. The fourth-order valence-corrected chi connectivity index (χ4v) is 3.61. The lowest BCUT2D eigenvalue weighted by Crippen LogP contribution is -2.28. The largest absolute Gasteiger partial charge is 0.490 e. The molecule has 0 atom stereocenters. The van der Waals surface area contributed by atoms with Crippen LogP contribution in [0.1, 0.15) is 13.8 Å². The lowest BCUT2D eigenvalue weighted by Gasteiger charge is -2.18. The third-order valence-electron chi connectivity index (χ3n) is 2.66. The standard InChI is InChI=1S/C12H17I2N3O/c1-3-17(4-2)5-6-18-12-10(13)7-9(16-15)8-11(12)14/h7-8,15H,3-6H2,1-2H3. The third kappa shape index (κ3) is 4.61. The lowest BCUT2D eigenvalue weighted by molar-refractivity contribution is 0.221. The molecule has 0 saturated carbocycles. The van der Waals surface area contributed by atoms with Gasteiger partial charge < -0.3 is 9.64 Å². The van der Waals surface area contributed by atoms with Crippen molar-refractivity contribution in [3.63, 3.8) is 0 Å². The lowest BCUT2D eigenvalue weighted by atomic mass is 10.3. The van der Waals surface area contributed by atoms with Gasteiger partial charge in [0, 0.05) is 6.54 Å². The van der Waals surface area contributed by atoms with Gasteiger partial charge in [0.2, 0.25) is 0 Å². The highest BCUT2D eigenvalue weighted by Crippen LogP contribution is 2.31. The Morgan fingerprint density at radius 1 is 1.22 bits per heavy atom. The number of nitrogens with zero attached hydrogens (tertiary/aromatic N) is 2. The van der Waals surface area contributed by atoms with Gasteiger partial charge in [0.05, 0.1) is 12.8 Å². The van der Waals surface area contributed by atoms with Gasteiger partial charge in [0.15, 0.2) is 0 Å². The highest BCUT2D eigenvalue weighted by molar-refractivity contribution is 14.1. The number of halogens is 2. The highest BCUT2D eigenvalue weighted by Gasteiger charge is 2.09. The summed E-state index contributed by atoms with van der Waals surface area (Å²) in [5, 5.41) is 3.44. The summed E-state index contributed by atoms with van der Waals surface area (Å²) in [5.41, 5.74) is 7.69. The van der Waals surface area contributed by atoms with E-state index in [0.717, 1.165) is 32.5 Å². The Labute approximate surface area is 135 Å². The Morgan fingerprint density at radius 2 is 1.78 bits per heavy atom. The first-order valence-corrected chi connectivity index (χ1v) is 7.99. The molecule has 0 saturated heterocycles. The van der Waals surface area contributed by atoms with Crippen LogP contribution in [0.15, 0.2) is 17.2 Å². The summed E-state index contributed by atoms with van der Waals surface area (Å²) in [6.45, 7) is 8.02. The van der Waals surface area contributed by atoms with Gasteiger partial charge in [-0.05, 0) is 70.4 Å². The van der Waals surface area contributed by atoms with Gasteiger partial charge in [0.25, 0.3) is 0 Å². The predicted octanol–water partition coefficient (Wildman–Crippen LogP) is 4.28. The zero-order chi connectivity index (χ0) is 13.5. The first-order valence-electron chi connectivity index (χ1n) is 5.84. The third-order valence-corrected chi connectivity index (χ3v) is 4.26. The van der Waals surface area contributed by atoms with Crippen molar-refractivity contribution in [3.8, 4) is 5.75 Å². The number of likely N-dealkylation sites (N-methyl/N-ethyl adjacent to an activating group) is 1. The van der Waals surface area contributed by atoms with Crippen LogP contribution in [0, 0.1) is 12.7 Å². The van der Waals surface area contributed by atoms with Gasteiger partial charge in [-0.25, -0.2) is 5.53 Å². The van der Waals surface area contributed by atoms with Crippen LogP contribution < -0.4 is 4.74 Å². The molecule has 0 spiro atoms. The number of benzene rings is 1. The molecule has 0 bridgehead atoms. The topological polar surface area (TPSA) is 48.7 Å². The quantitative estimate of drug-likeness (QED) is 0.475. The molecule has 1 N–H and O–H groups in total. The molecule has 0 aliphatic rings. The van der Waals surface area contributed by atoms with Gasteiger partial charge in [0.1, 0.15) is 12.4 Å². The summed E-state index contributed by atoms with van der Waals surface area (Å²) in [5.74, 6) is 0.899. The molecule has 0 heterocycles. The van der Waals surface area contributed by atoms with Crippen molar-refractivity contribution < 1.29 is 4.74 Å². The Balaban J connectivity index is 2.65. The highest BCUT2D eigenvalue weighted by atomic mass is 127. The van der Waals surface area contributed by atoms with Gasteiger partial charge >= 0.3 is 0 Å². The number of hydrogen-bond donors (Lipinski definition) is 1. The maximum absolute atomic E-state index is 7.02. The van der Waals surface area contributed by atoms with Crippen LogP contribution >= 0.6 is 45.2 Å². The number of ether oxygens (including phenoxy) is 1. The van der Waals surface area contributed by atoms with Crippen LogP contribution in [-0.2, 0) is 0 Å². The number of hydrogen-bond acceptors (Lipinski definition) is 4. The van der Waals surface area contributed by atoms with Crippen LogP contribution in [0.3, 0.4) is 0 Å². The second-order valence-electron chi connectivity index (χ2n) is 3.73. The van der Waals surface area contributed by atoms with E-state index in [2.05, 4.69) is 69.0 Å². The van der Waals surface area contributed by atoms with Crippen molar-refractivity contribution in [3.05, 3.63) is 19.3 Å². The van der Waals surface area contributed by atoms with Crippen LogP contribution in [0.5, 0.6) is 5.75 Å². The minimum absolute atomic E-state index is 0.667. The average molecular weight is 473 g/mol. The maximum atomic E-state index is 7.02. The van der Waals surface area contributed by atoms with E-state index in [0.29, 0.717) is 12.3 Å². The Kier molecular flexibility index (Phi) is 7.38. The molecule has 0 aliphatic carbocycles. The molecule has 0 radical (unpaired) electrons. The van der Waals surface area contributed by atoms with Gasteiger partial charge in [-0.2, -0.15) is 5.11 Å². The SMILES string of the molecule is CCN(CC)CCOc1c(I)cc(N=N)cc1I. The Morgan fingerprint density at radius 3 is 2.22 bits per heavy atom. The van der Waals surface area contributed by atoms with Gasteiger partial charge in [-0.3, -0.25) is 0 Å². The van der Waals surface area contributed by atoms with Crippen molar-refractivity contribution in [2.24, 2.45) is 5.11 Å². The molecule has 100 valence electrons. The molecule has 18 heavy (non-hydrogen) atoms. The van der Waals surface area contributed by atoms with Crippen LogP contribution in [-0.4, -0.2) is 31.1 Å². The van der Waals surface area contributed by atoms with Gasteiger partial charge in [-0.1, -0.05) is 13.8 Å². The normalized spacial score (nSPS) is 10.7. The maximum Gasteiger partial charge on any atom is 0.146 e. The number of rotatable bonds is 7. The van der Waals surface area contributed by atoms with E-state index in [1.165, 1.54) is 0 Å². The van der Waals surface area contributed by atoms with E-state index in [9.17, 15) is 0 Å². The molecule has 1 aromatic carbocycles. The molecular weight excluding hydrogens is 456 g/mol. The van der Waals surface area contributed by atoms with E-state index in [1.807, 2.05) is 12.1 Å². The molecule has 0 aliphatic heterocycles. The van der Waals surface area contributed by atoms with Crippen molar-refractivity contribution in [2.75, 3.05) is 26.2 Å². The molecule has 0 amide bonds. The van der Waals surface area contributed by atoms with E-state index in [4.69, 9.17) is 10.3 Å². The van der Waals surface area contributed by atoms with Crippen molar-refractivity contribution in [1.82, 2.24) is 4.90 Å². The fourth-order valence-electron chi connectivity index (χ4n) is 1.57. The molecule has 1 rings (SSSR count). The summed E-state index contributed by atoms with van der Waals surface area (Å²) in [4.78, 5) is 2.33. The Hall–Kier alpha value is 0.0400. The average Bonchev–Trinajstić information content (AvgIpc) is 2.37. The van der Waals surface area contributed by atoms with Crippen LogP contribution in [0.25, 0.3) is 0 Å². The summed E-state index contributed by atoms with van der Waals surface area (Å²) >= 11 is 4.45. The van der Waals surface area contributed by atoms with E-state index in [-0.39, 0.29) is 0 Å². The van der Waals surface area contributed by atoms with E-state index in [1.54, 1.807) is 0 Å². The predicted molar refractivity (Wildman–Crippen MR) is 90.0 cm³/mol. The fraction of sp³-hybridized carbons (Fsp3) is 0.500. The van der Waals surface area contributed by atoms with Crippen LogP contribution in [0.4, 0.5) is 5.69 Å². The molecular formula is C12H17I2N3O. The summed E-state index contributed by atoms with van der Waals surface area (Å²) in [6.07, 6.45) is 0. The zero-order valence-corrected chi connectivity index (χ0v) is 14.9.